The number of ether oxygens (including phenoxy) is 2. The van der Waals surface area contributed by atoms with Gasteiger partial charge in [0, 0.05) is 11.5 Å². The van der Waals surface area contributed by atoms with Crippen LogP contribution < -0.4 is 4.74 Å². The molecule has 1 aromatic rings. The van der Waals surface area contributed by atoms with E-state index in [2.05, 4.69) is 0 Å². The van der Waals surface area contributed by atoms with Crippen molar-refractivity contribution >= 4 is 17.7 Å². The maximum atomic E-state index is 10.2. The first-order chi connectivity index (χ1) is 8.79. The largest absolute Gasteiger partial charge is 0.491 e. The van der Waals surface area contributed by atoms with Gasteiger partial charge < -0.3 is 14.6 Å². The Labute approximate surface area is 111 Å². The second-order valence-corrected chi connectivity index (χ2v) is 4.75. The van der Waals surface area contributed by atoms with Crippen molar-refractivity contribution in [1.29, 1.82) is 0 Å². The van der Waals surface area contributed by atoms with E-state index in [1.165, 1.54) is 0 Å². The van der Waals surface area contributed by atoms with Crippen molar-refractivity contribution in [2.75, 3.05) is 31.3 Å². The van der Waals surface area contributed by atoms with Gasteiger partial charge in [0.05, 0.1) is 19.6 Å². The Bertz CT molecular complexity index is 329. The number of hydrogen-bond donors (Lipinski definition) is 1. The SMILES string of the molecule is O=C(O)CCSCCOCCOc1ccccc1. The fourth-order valence-corrected chi connectivity index (χ4v) is 1.98. The van der Waals surface area contributed by atoms with Crippen LogP contribution in [0.3, 0.4) is 0 Å². The number of aliphatic carboxylic acids is 1. The number of carboxylic acids is 1. The summed E-state index contributed by atoms with van der Waals surface area (Å²) in [5, 5.41) is 8.43. The van der Waals surface area contributed by atoms with Crippen molar-refractivity contribution in [2.24, 2.45) is 0 Å². The van der Waals surface area contributed by atoms with E-state index < -0.39 is 5.97 Å². The first-order valence-electron chi connectivity index (χ1n) is 5.84. The number of thioether (sulfide) groups is 1. The molecule has 0 unspecified atom stereocenters. The van der Waals surface area contributed by atoms with Crippen LogP contribution in [0.2, 0.25) is 0 Å². The van der Waals surface area contributed by atoms with E-state index >= 15 is 0 Å². The fraction of sp³-hybridized carbons (Fsp3) is 0.462. The highest BCUT2D eigenvalue weighted by Crippen LogP contribution is 2.07. The van der Waals surface area contributed by atoms with Crippen LogP contribution >= 0.6 is 11.8 Å². The molecular formula is C13H18O4S. The van der Waals surface area contributed by atoms with Crippen molar-refractivity contribution in [2.45, 2.75) is 6.42 Å². The quantitative estimate of drug-likeness (QED) is 0.661. The molecule has 0 fully saturated rings. The summed E-state index contributed by atoms with van der Waals surface area (Å²) in [5.41, 5.74) is 0. The molecule has 1 N–H and O–H groups in total. The van der Waals surface area contributed by atoms with E-state index in [4.69, 9.17) is 14.6 Å². The Morgan fingerprint density at radius 1 is 1.11 bits per heavy atom. The van der Waals surface area contributed by atoms with Crippen molar-refractivity contribution in [3.63, 3.8) is 0 Å². The van der Waals surface area contributed by atoms with E-state index in [0.29, 0.717) is 25.6 Å². The maximum absolute atomic E-state index is 10.2. The van der Waals surface area contributed by atoms with Gasteiger partial charge in [0.1, 0.15) is 12.4 Å². The monoisotopic (exact) mass is 270 g/mol. The van der Waals surface area contributed by atoms with Gasteiger partial charge in [-0.15, -0.1) is 0 Å². The normalized spacial score (nSPS) is 10.2. The Balaban J connectivity index is 1.86. The molecule has 5 heteroatoms. The molecule has 0 aliphatic rings. The summed E-state index contributed by atoms with van der Waals surface area (Å²) in [6.07, 6.45) is 0.210. The lowest BCUT2D eigenvalue weighted by Crippen LogP contribution is -2.08. The zero-order valence-corrected chi connectivity index (χ0v) is 11.0. The summed E-state index contributed by atoms with van der Waals surface area (Å²) >= 11 is 1.59. The number of hydrogen-bond acceptors (Lipinski definition) is 4. The van der Waals surface area contributed by atoms with Crippen molar-refractivity contribution in [3.8, 4) is 5.75 Å². The molecule has 0 atom stereocenters. The Morgan fingerprint density at radius 3 is 2.61 bits per heavy atom. The van der Waals surface area contributed by atoms with E-state index in [1.54, 1.807) is 11.8 Å². The van der Waals surface area contributed by atoms with E-state index in [9.17, 15) is 4.79 Å². The van der Waals surface area contributed by atoms with Gasteiger partial charge in [0.15, 0.2) is 0 Å². The molecule has 18 heavy (non-hydrogen) atoms. The number of rotatable bonds is 10. The van der Waals surface area contributed by atoms with Gasteiger partial charge >= 0.3 is 5.97 Å². The van der Waals surface area contributed by atoms with Crippen LogP contribution in [0.15, 0.2) is 30.3 Å². The molecule has 1 aromatic carbocycles. The summed E-state index contributed by atoms with van der Waals surface area (Å²) < 4.78 is 10.8. The summed E-state index contributed by atoms with van der Waals surface area (Å²) in [4.78, 5) is 10.2. The molecule has 100 valence electrons. The summed E-state index contributed by atoms with van der Waals surface area (Å²) in [6.45, 7) is 1.71. The first-order valence-corrected chi connectivity index (χ1v) is 6.99. The Hall–Kier alpha value is -1.20. The van der Waals surface area contributed by atoms with E-state index in [0.717, 1.165) is 11.5 Å². The van der Waals surface area contributed by atoms with Crippen LogP contribution in [-0.4, -0.2) is 42.4 Å². The molecule has 0 saturated carbocycles. The van der Waals surface area contributed by atoms with Gasteiger partial charge in [-0.1, -0.05) is 18.2 Å². The molecule has 0 aliphatic carbocycles. The molecular weight excluding hydrogens is 252 g/mol. The van der Waals surface area contributed by atoms with Gasteiger partial charge in [-0.05, 0) is 12.1 Å². The molecule has 0 amide bonds. The standard InChI is InChI=1S/C13H18O4S/c14-13(15)6-10-18-11-9-16-7-8-17-12-4-2-1-3-5-12/h1-5H,6-11H2,(H,14,15). The molecule has 0 radical (unpaired) electrons. The van der Waals surface area contributed by atoms with Crippen LogP contribution in [0.4, 0.5) is 0 Å². The molecule has 0 spiro atoms. The predicted molar refractivity (Wildman–Crippen MR) is 72.3 cm³/mol. The molecule has 0 aliphatic heterocycles. The lowest BCUT2D eigenvalue weighted by atomic mass is 10.3. The summed E-state index contributed by atoms with van der Waals surface area (Å²) in [7, 11) is 0. The van der Waals surface area contributed by atoms with E-state index in [-0.39, 0.29) is 6.42 Å². The fourth-order valence-electron chi connectivity index (χ4n) is 1.22. The molecule has 1 rings (SSSR count). The van der Waals surface area contributed by atoms with Crippen LogP contribution in [0.1, 0.15) is 6.42 Å². The third-order valence-corrected chi connectivity index (χ3v) is 3.02. The molecule has 0 saturated heterocycles. The zero-order valence-electron chi connectivity index (χ0n) is 10.2. The number of carboxylic acid groups (broad SMARTS) is 1. The van der Waals surface area contributed by atoms with Crippen LogP contribution in [0, 0.1) is 0 Å². The summed E-state index contributed by atoms with van der Waals surface area (Å²) in [5.74, 6) is 1.55. The number of carbonyl (C=O) groups is 1. The van der Waals surface area contributed by atoms with Gasteiger partial charge in [-0.3, -0.25) is 4.79 Å². The van der Waals surface area contributed by atoms with Crippen LogP contribution in [0.25, 0.3) is 0 Å². The van der Waals surface area contributed by atoms with Crippen molar-refractivity contribution < 1.29 is 19.4 Å². The molecule has 0 aromatic heterocycles. The average molecular weight is 270 g/mol. The molecule has 0 heterocycles. The third-order valence-electron chi connectivity index (χ3n) is 2.07. The Morgan fingerprint density at radius 2 is 1.89 bits per heavy atom. The smallest absolute Gasteiger partial charge is 0.304 e. The number of para-hydroxylation sites is 1. The molecule has 4 nitrogen and oxygen atoms in total. The van der Waals surface area contributed by atoms with Gasteiger partial charge in [0.25, 0.3) is 0 Å². The average Bonchev–Trinajstić information content (AvgIpc) is 2.37. The third kappa shape index (κ3) is 7.97. The lowest BCUT2D eigenvalue weighted by Gasteiger charge is -2.06. The highest BCUT2D eigenvalue weighted by Gasteiger charge is 1.97. The maximum Gasteiger partial charge on any atom is 0.304 e. The van der Waals surface area contributed by atoms with Crippen LogP contribution in [0.5, 0.6) is 5.75 Å². The lowest BCUT2D eigenvalue weighted by molar-refractivity contribution is -0.136. The van der Waals surface area contributed by atoms with Crippen LogP contribution in [-0.2, 0) is 9.53 Å². The minimum Gasteiger partial charge on any atom is -0.491 e. The van der Waals surface area contributed by atoms with E-state index in [1.807, 2.05) is 30.3 Å². The molecule has 0 bridgehead atoms. The highest BCUT2D eigenvalue weighted by atomic mass is 32.2. The predicted octanol–water partition coefficient (Wildman–Crippen LogP) is 2.29. The highest BCUT2D eigenvalue weighted by molar-refractivity contribution is 7.99. The minimum absolute atomic E-state index is 0.210. The Kier molecular flexibility index (Phi) is 8.08. The zero-order chi connectivity index (χ0) is 13.1. The second-order valence-electron chi connectivity index (χ2n) is 3.53. The topological polar surface area (TPSA) is 55.8 Å². The van der Waals surface area contributed by atoms with Crippen molar-refractivity contribution in [3.05, 3.63) is 30.3 Å². The first kappa shape index (κ1) is 14.9. The van der Waals surface area contributed by atoms with Gasteiger partial charge in [-0.2, -0.15) is 11.8 Å². The summed E-state index contributed by atoms with van der Waals surface area (Å²) in [6, 6.07) is 9.60. The van der Waals surface area contributed by atoms with Gasteiger partial charge in [-0.25, -0.2) is 0 Å². The number of benzene rings is 1. The minimum atomic E-state index is -0.750. The van der Waals surface area contributed by atoms with Crippen molar-refractivity contribution in [1.82, 2.24) is 0 Å². The second kappa shape index (κ2) is 9.79. The van der Waals surface area contributed by atoms with Gasteiger partial charge in [0.2, 0.25) is 0 Å².